The smallest absolute Gasteiger partial charge is 0.259 e. The molecule has 1 aliphatic heterocycles. The molecule has 14 heavy (non-hydrogen) atoms. The lowest BCUT2D eigenvalue weighted by Gasteiger charge is -2.24. The van der Waals surface area contributed by atoms with E-state index >= 15 is 0 Å². The third-order valence-corrected chi connectivity index (χ3v) is 2.92. The second kappa shape index (κ2) is 5.17. The highest BCUT2D eigenvalue weighted by Crippen LogP contribution is 2.25. The monoisotopic (exact) mass is 213 g/mol. The summed E-state index contributed by atoms with van der Waals surface area (Å²) in [5.41, 5.74) is 5.99. The highest BCUT2D eigenvalue weighted by Gasteiger charge is 2.14. The van der Waals surface area contributed by atoms with Gasteiger partial charge in [0.2, 0.25) is 0 Å². The summed E-state index contributed by atoms with van der Waals surface area (Å²) < 4.78 is 0. The van der Waals surface area contributed by atoms with Gasteiger partial charge in [0, 0.05) is 24.4 Å². The summed E-state index contributed by atoms with van der Waals surface area (Å²) in [5.74, 6) is -0.489. The summed E-state index contributed by atoms with van der Waals surface area (Å²) >= 11 is 1.68. The molecular weight excluding hydrogens is 198 g/mol. The summed E-state index contributed by atoms with van der Waals surface area (Å²) in [4.78, 5) is 18.1. The summed E-state index contributed by atoms with van der Waals surface area (Å²) in [7, 11) is 2.07. The highest BCUT2D eigenvalue weighted by atomic mass is 32.2. The van der Waals surface area contributed by atoms with Crippen LogP contribution in [0.5, 0.6) is 0 Å². The van der Waals surface area contributed by atoms with Crippen LogP contribution in [-0.2, 0) is 4.79 Å². The summed E-state index contributed by atoms with van der Waals surface area (Å²) in [5, 5.41) is 0. The normalized spacial score (nSPS) is 19.3. The number of aliphatic imine (C=N–C) groups is 1. The Balaban J connectivity index is 2.77. The molecule has 1 rings (SSSR count). The zero-order valence-corrected chi connectivity index (χ0v) is 9.30. The molecule has 0 saturated carbocycles. The number of amides is 1. The molecule has 1 aliphatic rings. The van der Waals surface area contributed by atoms with Gasteiger partial charge in [-0.15, -0.1) is 11.8 Å². The number of rotatable bonds is 3. The first kappa shape index (κ1) is 11.3. The molecule has 1 amide bonds. The summed E-state index contributed by atoms with van der Waals surface area (Å²) in [6.07, 6.45) is 4.10. The number of nitrogens with two attached hydrogens (primary N) is 1. The SMILES string of the molecule is CSC1=C(/N=C/C(N)=O)CCN(C)C1. The van der Waals surface area contributed by atoms with Crippen molar-refractivity contribution in [1.29, 1.82) is 0 Å². The minimum absolute atomic E-state index is 0.489. The number of primary amides is 1. The quantitative estimate of drug-likeness (QED) is 0.693. The van der Waals surface area contributed by atoms with Crippen LogP contribution in [0.3, 0.4) is 0 Å². The van der Waals surface area contributed by atoms with Crippen molar-refractivity contribution in [2.24, 2.45) is 10.7 Å². The van der Waals surface area contributed by atoms with E-state index in [9.17, 15) is 4.79 Å². The van der Waals surface area contributed by atoms with E-state index in [1.54, 1.807) is 11.8 Å². The Bertz CT molecular complexity index is 286. The van der Waals surface area contributed by atoms with Gasteiger partial charge < -0.3 is 10.6 Å². The molecule has 0 aliphatic carbocycles. The summed E-state index contributed by atoms with van der Waals surface area (Å²) in [6, 6.07) is 0. The molecule has 0 aromatic rings. The van der Waals surface area contributed by atoms with Gasteiger partial charge in [0.05, 0.1) is 11.9 Å². The molecule has 4 nitrogen and oxygen atoms in total. The van der Waals surface area contributed by atoms with Crippen LogP contribution in [0.1, 0.15) is 6.42 Å². The van der Waals surface area contributed by atoms with E-state index in [2.05, 4.69) is 16.9 Å². The summed E-state index contributed by atoms with van der Waals surface area (Å²) in [6.45, 7) is 1.89. The predicted octanol–water partition coefficient (Wildman–Crippen LogP) is 0.453. The lowest BCUT2D eigenvalue weighted by Crippen LogP contribution is -2.26. The van der Waals surface area contributed by atoms with Crippen molar-refractivity contribution >= 4 is 23.9 Å². The molecule has 0 aromatic carbocycles. The lowest BCUT2D eigenvalue weighted by molar-refractivity contribution is -0.111. The molecule has 0 radical (unpaired) electrons. The van der Waals surface area contributed by atoms with Gasteiger partial charge in [0.15, 0.2) is 0 Å². The number of hydrogen-bond acceptors (Lipinski definition) is 4. The molecule has 0 atom stereocenters. The fraction of sp³-hybridized carbons (Fsp3) is 0.556. The number of likely N-dealkylation sites (N-methyl/N-ethyl adjacent to an activating group) is 1. The molecule has 5 heteroatoms. The standard InChI is InChI=1S/C9H15N3OS/c1-12-4-3-7(8(6-12)14-2)11-5-9(10)13/h5H,3-4,6H2,1-2H3,(H2,10,13)/b11-5+. The topological polar surface area (TPSA) is 58.7 Å². The largest absolute Gasteiger partial charge is 0.365 e. The van der Waals surface area contributed by atoms with Crippen molar-refractivity contribution in [1.82, 2.24) is 4.90 Å². The van der Waals surface area contributed by atoms with Crippen LogP contribution in [0.25, 0.3) is 0 Å². The van der Waals surface area contributed by atoms with E-state index in [0.29, 0.717) is 0 Å². The fourth-order valence-electron chi connectivity index (χ4n) is 1.31. The van der Waals surface area contributed by atoms with Crippen LogP contribution < -0.4 is 5.73 Å². The van der Waals surface area contributed by atoms with Gasteiger partial charge in [-0.1, -0.05) is 0 Å². The zero-order chi connectivity index (χ0) is 10.6. The molecule has 0 bridgehead atoms. The Labute approximate surface area is 88.2 Å². The molecule has 0 saturated heterocycles. The Morgan fingerprint density at radius 3 is 3.00 bits per heavy atom. The van der Waals surface area contributed by atoms with Crippen LogP contribution in [-0.4, -0.2) is 43.4 Å². The first-order valence-electron chi connectivity index (χ1n) is 4.41. The zero-order valence-electron chi connectivity index (χ0n) is 8.49. The van der Waals surface area contributed by atoms with E-state index in [1.807, 2.05) is 6.26 Å². The third kappa shape index (κ3) is 3.16. The predicted molar refractivity (Wildman–Crippen MR) is 60.3 cm³/mol. The molecule has 1 heterocycles. The molecule has 0 fully saturated rings. The van der Waals surface area contributed by atoms with Gasteiger partial charge in [-0.3, -0.25) is 9.79 Å². The average molecular weight is 213 g/mol. The van der Waals surface area contributed by atoms with Crippen molar-refractivity contribution in [2.45, 2.75) is 6.42 Å². The van der Waals surface area contributed by atoms with Crippen molar-refractivity contribution in [2.75, 3.05) is 26.4 Å². The van der Waals surface area contributed by atoms with Crippen molar-refractivity contribution in [3.05, 3.63) is 10.6 Å². The average Bonchev–Trinajstić information content (AvgIpc) is 2.15. The van der Waals surface area contributed by atoms with E-state index in [0.717, 1.165) is 25.2 Å². The van der Waals surface area contributed by atoms with E-state index in [4.69, 9.17) is 5.73 Å². The van der Waals surface area contributed by atoms with Gasteiger partial charge in [-0.05, 0) is 13.3 Å². The molecule has 2 N–H and O–H groups in total. The Morgan fingerprint density at radius 1 is 1.71 bits per heavy atom. The molecule has 0 aromatic heterocycles. The molecule has 0 spiro atoms. The van der Waals surface area contributed by atoms with E-state index in [-0.39, 0.29) is 0 Å². The van der Waals surface area contributed by atoms with Crippen molar-refractivity contribution in [3.8, 4) is 0 Å². The minimum atomic E-state index is -0.489. The first-order valence-corrected chi connectivity index (χ1v) is 5.64. The van der Waals surface area contributed by atoms with Crippen LogP contribution in [0.2, 0.25) is 0 Å². The first-order chi connectivity index (χ1) is 6.63. The number of nitrogens with zero attached hydrogens (tertiary/aromatic N) is 2. The Hall–Kier alpha value is -0.810. The minimum Gasteiger partial charge on any atom is -0.365 e. The number of hydrogen-bond donors (Lipinski definition) is 1. The highest BCUT2D eigenvalue weighted by molar-refractivity contribution is 8.02. The maximum absolute atomic E-state index is 10.5. The maximum Gasteiger partial charge on any atom is 0.259 e. The lowest BCUT2D eigenvalue weighted by atomic mass is 10.2. The van der Waals surface area contributed by atoms with Gasteiger partial charge in [-0.2, -0.15) is 0 Å². The maximum atomic E-state index is 10.5. The second-order valence-electron chi connectivity index (χ2n) is 3.22. The van der Waals surface area contributed by atoms with Gasteiger partial charge in [0.25, 0.3) is 5.91 Å². The fourth-order valence-corrected chi connectivity index (χ4v) is 2.05. The van der Waals surface area contributed by atoms with Gasteiger partial charge >= 0.3 is 0 Å². The van der Waals surface area contributed by atoms with Crippen LogP contribution >= 0.6 is 11.8 Å². The number of carbonyl (C=O) groups excluding carboxylic acids is 1. The van der Waals surface area contributed by atoms with Crippen molar-refractivity contribution < 1.29 is 4.79 Å². The number of thioether (sulfide) groups is 1. The van der Waals surface area contributed by atoms with Crippen molar-refractivity contribution in [3.63, 3.8) is 0 Å². The van der Waals surface area contributed by atoms with Crippen LogP contribution in [0.15, 0.2) is 15.6 Å². The van der Waals surface area contributed by atoms with Gasteiger partial charge in [0.1, 0.15) is 0 Å². The van der Waals surface area contributed by atoms with E-state index < -0.39 is 5.91 Å². The van der Waals surface area contributed by atoms with E-state index in [1.165, 1.54) is 11.1 Å². The number of carbonyl (C=O) groups is 1. The molecular formula is C9H15N3OS. The molecule has 78 valence electrons. The van der Waals surface area contributed by atoms with Gasteiger partial charge in [-0.25, -0.2) is 0 Å². The third-order valence-electron chi connectivity index (χ3n) is 2.06. The second-order valence-corrected chi connectivity index (χ2v) is 4.12. The molecule has 0 unspecified atom stereocenters. The Kier molecular flexibility index (Phi) is 4.16. The van der Waals surface area contributed by atoms with Crippen LogP contribution in [0, 0.1) is 0 Å². The Morgan fingerprint density at radius 2 is 2.43 bits per heavy atom. The van der Waals surface area contributed by atoms with Crippen LogP contribution in [0.4, 0.5) is 0 Å².